The Hall–Kier alpha value is -10.1. The normalized spacial score (nSPS) is 25.1. The van der Waals surface area contributed by atoms with E-state index in [9.17, 15) is 67.1 Å². The summed E-state index contributed by atoms with van der Waals surface area (Å²) in [7, 11) is 0. The smallest absolute Gasteiger partial charge is 0.354 e. The van der Waals surface area contributed by atoms with Crippen LogP contribution < -0.4 is 22.8 Å². The largest absolute Gasteiger partial charge is 0.464 e. The minimum atomic E-state index is -1.69. The van der Waals surface area contributed by atoms with E-state index in [0.717, 1.165) is 83.3 Å². The number of hydrogen-bond acceptors (Lipinski definition) is 28. The van der Waals surface area contributed by atoms with E-state index in [1.807, 2.05) is 0 Å². The molecule has 2 saturated heterocycles. The monoisotopic (exact) mass is 1290 g/mol. The van der Waals surface area contributed by atoms with Crippen LogP contribution in [0.3, 0.4) is 0 Å². The Morgan fingerprint density at radius 3 is 0.957 bits per heavy atom. The van der Waals surface area contributed by atoms with Crippen LogP contribution in [0.2, 0.25) is 0 Å². The van der Waals surface area contributed by atoms with E-state index in [1.165, 1.54) is 48.6 Å². The minimum absolute atomic E-state index is 0.00772. The van der Waals surface area contributed by atoms with Crippen molar-refractivity contribution in [2.45, 2.75) is 155 Å². The van der Waals surface area contributed by atoms with Gasteiger partial charge in [0.1, 0.15) is 25.4 Å². The van der Waals surface area contributed by atoms with Gasteiger partial charge >= 0.3 is 82.5 Å². The van der Waals surface area contributed by atoms with Crippen LogP contribution in [0, 0.1) is 0 Å². The molecule has 4 aliphatic rings. The average molecular weight is 1300 g/mol. The first-order valence-corrected chi connectivity index (χ1v) is 28.3. The second kappa shape index (κ2) is 30.6. The highest BCUT2D eigenvalue weighted by Crippen LogP contribution is 2.35. The van der Waals surface area contributed by atoms with Crippen molar-refractivity contribution in [3.05, 3.63) is 127 Å². The fourth-order valence-electron chi connectivity index (χ4n) is 10.1. The number of ether oxygens (including phenoxy) is 14. The summed E-state index contributed by atoms with van der Waals surface area (Å²) in [5.74, 6) is -8.18. The molecule has 0 spiro atoms. The van der Waals surface area contributed by atoms with Crippen LogP contribution in [0.4, 0.5) is 0 Å². The molecule has 34 heteroatoms. The van der Waals surface area contributed by atoms with E-state index in [4.69, 9.17) is 66.3 Å². The summed E-state index contributed by atoms with van der Waals surface area (Å²) in [6.45, 7) is 10.7. The lowest BCUT2D eigenvalue weighted by molar-refractivity contribution is -0.321. The Labute approximate surface area is 520 Å². The molecule has 2 aromatic carbocycles. The third-order valence-electron chi connectivity index (χ3n) is 13.5. The van der Waals surface area contributed by atoms with Crippen molar-refractivity contribution in [2.75, 3.05) is 26.4 Å². The first-order chi connectivity index (χ1) is 43.7. The van der Waals surface area contributed by atoms with Crippen molar-refractivity contribution in [1.82, 2.24) is 27.9 Å². The van der Waals surface area contributed by atoms with Crippen LogP contribution in [0.5, 0.6) is 0 Å². The van der Waals surface area contributed by atoms with Gasteiger partial charge in [-0.1, -0.05) is 36.4 Å². The fourth-order valence-corrected chi connectivity index (χ4v) is 10.1. The first kappa shape index (κ1) is 69.4. The number of fused-ring (bicyclic) bond motifs is 2. The quantitative estimate of drug-likeness (QED) is 0.0645. The molecule has 0 bridgehead atoms. The second-order valence-corrected chi connectivity index (χ2v) is 20.2. The maximum absolute atomic E-state index is 13.8. The first-order valence-electron chi connectivity index (χ1n) is 28.3. The van der Waals surface area contributed by atoms with Gasteiger partial charge in [0.05, 0.1) is 24.6 Å². The van der Waals surface area contributed by atoms with Crippen LogP contribution in [-0.4, -0.2) is 175 Å². The maximum Gasteiger partial charge on any atom is 0.354 e. The molecule has 8 rings (SSSR count). The van der Waals surface area contributed by atoms with Gasteiger partial charge in [-0.2, -0.15) is 9.36 Å². The van der Waals surface area contributed by atoms with Crippen molar-refractivity contribution in [3.63, 3.8) is 0 Å². The summed E-state index contributed by atoms with van der Waals surface area (Å²) in [4.78, 5) is 177. The highest BCUT2D eigenvalue weighted by molar-refractivity contribution is 5.77. The van der Waals surface area contributed by atoms with E-state index in [-0.39, 0.29) is 24.6 Å². The molecule has 0 unspecified atom stereocenters. The number of hydrogen-bond donors (Lipinski definition) is 0. The fraction of sp³-hybridized carbons (Fsp3) is 0.483. The van der Waals surface area contributed by atoms with Gasteiger partial charge in [-0.15, -0.1) is 0 Å². The number of para-hydroxylation sites is 2. The summed E-state index contributed by atoms with van der Waals surface area (Å²) in [5, 5.41) is 0. The highest BCUT2D eigenvalue weighted by Gasteiger charge is 2.56. The van der Waals surface area contributed by atoms with Crippen LogP contribution in [0.25, 0.3) is 11.4 Å². The van der Waals surface area contributed by atoms with Gasteiger partial charge in [0.2, 0.25) is 12.6 Å². The van der Waals surface area contributed by atoms with Gasteiger partial charge in [-0.05, 0) is 62.4 Å². The Balaban J connectivity index is 0.000000261. The van der Waals surface area contributed by atoms with Crippen molar-refractivity contribution in [3.8, 4) is 11.4 Å². The number of aromatic nitrogens is 6. The predicted molar refractivity (Wildman–Crippen MR) is 302 cm³/mol. The second-order valence-electron chi connectivity index (χ2n) is 20.2. The van der Waals surface area contributed by atoms with Crippen LogP contribution in [-0.2, 0) is 114 Å². The molecule has 0 saturated carbocycles. The van der Waals surface area contributed by atoms with Crippen LogP contribution in [0.15, 0.2) is 104 Å². The number of esters is 10. The average Bonchev–Trinajstić information content (AvgIpc) is 1.57. The molecule has 2 aromatic heterocycles. The lowest BCUT2D eigenvalue weighted by Crippen LogP contribution is -2.63. The highest BCUT2D eigenvalue weighted by atomic mass is 16.8. The summed E-state index contributed by atoms with van der Waals surface area (Å²) in [6.07, 6.45) is -13.1. The van der Waals surface area contributed by atoms with E-state index in [1.54, 1.807) is 50.2 Å². The van der Waals surface area contributed by atoms with E-state index < -0.39 is 182 Å². The van der Waals surface area contributed by atoms with Crippen molar-refractivity contribution in [2.24, 2.45) is 0 Å². The number of rotatable bonds is 20. The van der Waals surface area contributed by atoms with Crippen LogP contribution >= 0.6 is 0 Å². The topological polar surface area (TPSA) is 398 Å². The number of benzene rings is 2. The third-order valence-corrected chi connectivity index (χ3v) is 13.5. The summed E-state index contributed by atoms with van der Waals surface area (Å²) < 4.78 is 82.1. The van der Waals surface area contributed by atoms with E-state index in [0.29, 0.717) is 0 Å². The SMILES string of the molecule is CCOC(=O)[C@H]1C=C[C@H](O[C@@H]2O[C@H](COC(C)=O)[C@@H](OC(C)=O)[C@H](OC(C)=O)[C@H]2OC(C)=O)n2c(=O)n(-c3ccccc3)c(=O)n21.CCOC(=O)[C@H]1C=C[C@H](O[C@@H]2O[C@H](COC(C)=O)[C@@H](OC(C)=O)[C@H](OC(C)=O)[C@H]2OC(C)=O)n2c(=O)n(-c3ccccc3)c(=O)n21. The maximum atomic E-state index is 13.8. The van der Waals surface area contributed by atoms with Crippen molar-refractivity contribution < 1.29 is 114 Å². The zero-order chi connectivity index (χ0) is 67.4. The molecular formula is C58H66N6O28. The molecule has 6 heterocycles. The summed E-state index contributed by atoms with van der Waals surface area (Å²) in [5.41, 5.74) is -3.22. The van der Waals surface area contributed by atoms with Crippen LogP contribution in [0.1, 0.15) is 93.8 Å². The molecule has 92 heavy (non-hydrogen) atoms. The van der Waals surface area contributed by atoms with Gasteiger partial charge in [0, 0.05) is 55.4 Å². The summed E-state index contributed by atoms with van der Waals surface area (Å²) >= 11 is 0. The van der Waals surface area contributed by atoms with Gasteiger partial charge in [0.25, 0.3) is 0 Å². The molecule has 14 atom stereocenters. The van der Waals surface area contributed by atoms with Crippen molar-refractivity contribution >= 4 is 59.7 Å². The van der Waals surface area contributed by atoms with E-state index >= 15 is 0 Å². The molecule has 4 aromatic rings. The van der Waals surface area contributed by atoms with Gasteiger partial charge < -0.3 is 66.3 Å². The molecule has 4 aliphatic heterocycles. The minimum Gasteiger partial charge on any atom is -0.464 e. The van der Waals surface area contributed by atoms with Gasteiger partial charge in [0.15, 0.2) is 61.2 Å². The Kier molecular flexibility index (Phi) is 23.1. The van der Waals surface area contributed by atoms with Gasteiger partial charge in [-0.3, -0.25) is 38.4 Å². The zero-order valence-corrected chi connectivity index (χ0v) is 51.1. The molecule has 496 valence electrons. The standard InChI is InChI=1S/2C29H33N3O14/c2*1-6-40-26(37)20-12-13-22(32-29(39)30(28(38)31(20)32)19-10-8-7-9-11-19)46-27-25(44-18(5)36)24(43-17(4)35)23(42-16(3)34)21(45-27)14-41-15(2)33/h2*7-13,20-25,27H,6,14H2,1-5H3/t2*20-,21-,22+,23-,24+,25-,27+/m11/s1. The predicted octanol–water partition coefficient (Wildman–Crippen LogP) is 0.146. The Morgan fingerprint density at radius 1 is 0.370 bits per heavy atom. The molecule has 34 nitrogen and oxygen atoms in total. The molecule has 2 fully saturated rings. The lowest BCUT2D eigenvalue weighted by Gasteiger charge is -2.44. The number of carbonyl (C=O) groups excluding carboxylic acids is 10. The molecule has 0 amide bonds. The lowest BCUT2D eigenvalue weighted by atomic mass is 9.98. The summed E-state index contributed by atoms with van der Waals surface area (Å²) in [6, 6.07) is 13.1. The van der Waals surface area contributed by atoms with Crippen molar-refractivity contribution in [1.29, 1.82) is 0 Å². The van der Waals surface area contributed by atoms with Gasteiger partial charge in [-0.25, -0.2) is 47.3 Å². The Bertz CT molecular complexity index is 3490. The third kappa shape index (κ3) is 16.1. The van der Waals surface area contributed by atoms with E-state index in [2.05, 4.69) is 0 Å². The Morgan fingerprint density at radius 2 is 0.663 bits per heavy atom. The number of nitrogens with zero attached hydrogens (tertiary/aromatic N) is 6. The molecule has 0 N–H and O–H groups in total. The number of carbonyl (C=O) groups is 10. The molecule has 0 aliphatic carbocycles. The molecule has 0 radical (unpaired) electrons. The zero-order valence-electron chi connectivity index (χ0n) is 51.1. The molecular weight excluding hydrogens is 1230 g/mol.